The minimum absolute atomic E-state index is 0.453. The van der Waals surface area contributed by atoms with Crippen LogP contribution in [-0.4, -0.2) is 21.9 Å². The van der Waals surface area contributed by atoms with Crippen LogP contribution < -0.4 is 5.32 Å². The van der Waals surface area contributed by atoms with Gasteiger partial charge in [0.15, 0.2) is 0 Å². The van der Waals surface area contributed by atoms with Crippen molar-refractivity contribution in [3.8, 4) is 11.1 Å². The number of H-pyrrole nitrogens is 1. The van der Waals surface area contributed by atoms with Gasteiger partial charge in [0.25, 0.3) is 0 Å². The Hall–Kier alpha value is -2.30. The zero-order chi connectivity index (χ0) is 15.6. The van der Waals surface area contributed by atoms with Crippen LogP contribution in [0.15, 0.2) is 24.3 Å². The highest BCUT2D eigenvalue weighted by Crippen LogP contribution is 2.26. The van der Waals surface area contributed by atoms with Gasteiger partial charge in [-0.1, -0.05) is 12.1 Å². The summed E-state index contributed by atoms with van der Waals surface area (Å²) in [7, 11) is 0. The number of aromatic nitrogens is 2. The Kier molecular flexibility index (Phi) is 4.02. The molecule has 112 valence electrons. The minimum atomic E-state index is -0.505. The second-order valence-corrected chi connectivity index (χ2v) is 6.01. The standard InChI is InChI=1S/C16H21N3O2/c1-10-14(11(2)19-18-10)12-6-8-13(9-7-12)17-15(20)21-16(3,4)5/h6-9H,1-5H3,(H,17,20)(H,18,19). The number of rotatable bonds is 2. The van der Waals surface area contributed by atoms with Gasteiger partial charge in [-0.05, 0) is 52.3 Å². The summed E-state index contributed by atoms with van der Waals surface area (Å²) in [4.78, 5) is 11.7. The van der Waals surface area contributed by atoms with Gasteiger partial charge < -0.3 is 4.74 Å². The quantitative estimate of drug-likeness (QED) is 0.876. The van der Waals surface area contributed by atoms with Crippen molar-refractivity contribution in [1.82, 2.24) is 10.2 Å². The number of hydrogen-bond donors (Lipinski definition) is 2. The maximum Gasteiger partial charge on any atom is 0.412 e. The summed E-state index contributed by atoms with van der Waals surface area (Å²) in [5.74, 6) is 0. The third-order valence-electron chi connectivity index (χ3n) is 2.95. The smallest absolute Gasteiger partial charge is 0.412 e. The Bertz CT molecular complexity index is 617. The average Bonchev–Trinajstić information content (AvgIpc) is 2.68. The van der Waals surface area contributed by atoms with E-state index in [2.05, 4.69) is 15.5 Å². The van der Waals surface area contributed by atoms with Crippen molar-refractivity contribution in [2.45, 2.75) is 40.2 Å². The Morgan fingerprint density at radius 3 is 2.29 bits per heavy atom. The molecule has 0 fully saturated rings. The fourth-order valence-electron chi connectivity index (χ4n) is 2.12. The molecule has 0 saturated carbocycles. The van der Waals surface area contributed by atoms with Crippen LogP contribution in [-0.2, 0) is 4.74 Å². The number of benzene rings is 1. The van der Waals surface area contributed by atoms with E-state index in [9.17, 15) is 4.79 Å². The Morgan fingerprint density at radius 1 is 1.19 bits per heavy atom. The normalized spacial score (nSPS) is 11.3. The SMILES string of the molecule is Cc1n[nH]c(C)c1-c1ccc(NC(=O)OC(C)(C)C)cc1. The summed E-state index contributed by atoms with van der Waals surface area (Å²) < 4.78 is 5.22. The zero-order valence-corrected chi connectivity index (χ0v) is 13.1. The molecule has 0 radical (unpaired) electrons. The highest BCUT2D eigenvalue weighted by Gasteiger charge is 2.16. The molecule has 5 nitrogen and oxygen atoms in total. The van der Waals surface area contributed by atoms with Crippen LogP contribution in [0.4, 0.5) is 10.5 Å². The van der Waals surface area contributed by atoms with Crippen LogP contribution in [0.1, 0.15) is 32.2 Å². The first-order valence-corrected chi connectivity index (χ1v) is 6.88. The van der Waals surface area contributed by atoms with E-state index >= 15 is 0 Å². The molecule has 0 aliphatic rings. The molecule has 2 rings (SSSR count). The second-order valence-electron chi connectivity index (χ2n) is 6.01. The molecule has 0 aliphatic heterocycles. The maximum atomic E-state index is 11.7. The van der Waals surface area contributed by atoms with Gasteiger partial charge in [0.2, 0.25) is 0 Å². The number of carbonyl (C=O) groups is 1. The summed E-state index contributed by atoms with van der Waals surface area (Å²) in [6, 6.07) is 7.62. The van der Waals surface area contributed by atoms with Gasteiger partial charge in [0.1, 0.15) is 5.60 Å². The highest BCUT2D eigenvalue weighted by molar-refractivity contribution is 5.85. The van der Waals surface area contributed by atoms with Crippen LogP contribution in [0, 0.1) is 13.8 Å². The summed E-state index contributed by atoms with van der Waals surface area (Å²) >= 11 is 0. The number of amides is 1. The largest absolute Gasteiger partial charge is 0.444 e. The van der Waals surface area contributed by atoms with Crippen molar-refractivity contribution in [2.75, 3.05) is 5.32 Å². The van der Waals surface area contributed by atoms with Gasteiger partial charge in [-0.3, -0.25) is 10.4 Å². The van der Waals surface area contributed by atoms with Gasteiger partial charge in [-0.25, -0.2) is 4.79 Å². The lowest BCUT2D eigenvalue weighted by molar-refractivity contribution is 0.0636. The van der Waals surface area contributed by atoms with Crippen molar-refractivity contribution in [3.05, 3.63) is 35.7 Å². The van der Waals surface area contributed by atoms with Crippen molar-refractivity contribution in [2.24, 2.45) is 0 Å². The number of aromatic amines is 1. The molecule has 1 amide bonds. The predicted molar refractivity (Wildman–Crippen MR) is 83.4 cm³/mol. The molecular weight excluding hydrogens is 266 g/mol. The molecule has 0 bridgehead atoms. The molecule has 0 atom stereocenters. The number of ether oxygens (including phenoxy) is 1. The fourth-order valence-corrected chi connectivity index (χ4v) is 2.12. The van der Waals surface area contributed by atoms with Crippen LogP contribution in [0.2, 0.25) is 0 Å². The van der Waals surface area contributed by atoms with E-state index in [1.807, 2.05) is 58.9 Å². The van der Waals surface area contributed by atoms with E-state index in [4.69, 9.17) is 4.74 Å². The summed E-state index contributed by atoms with van der Waals surface area (Å²) in [5.41, 5.74) is 4.34. The number of nitrogens with one attached hydrogen (secondary N) is 2. The first kappa shape index (κ1) is 15.1. The summed E-state index contributed by atoms with van der Waals surface area (Å²) in [5, 5.41) is 9.87. The number of carbonyl (C=O) groups excluding carboxylic acids is 1. The van der Waals surface area contributed by atoms with E-state index in [0.29, 0.717) is 5.69 Å². The number of aryl methyl sites for hydroxylation is 2. The lowest BCUT2D eigenvalue weighted by Gasteiger charge is -2.19. The Morgan fingerprint density at radius 2 is 1.81 bits per heavy atom. The number of hydrogen-bond acceptors (Lipinski definition) is 3. The lowest BCUT2D eigenvalue weighted by Crippen LogP contribution is -2.27. The first-order chi connectivity index (χ1) is 9.76. The Labute approximate surface area is 124 Å². The van der Waals surface area contributed by atoms with Gasteiger partial charge >= 0.3 is 6.09 Å². The predicted octanol–water partition coefficient (Wildman–Crippen LogP) is 4.04. The minimum Gasteiger partial charge on any atom is -0.444 e. The molecule has 2 N–H and O–H groups in total. The highest BCUT2D eigenvalue weighted by atomic mass is 16.6. The van der Waals surface area contributed by atoms with Crippen LogP contribution in [0.25, 0.3) is 11.1 Å². The van der Waals surface area contributed by atoms with E-state index in [1.165, 1.54) is 0 Å². The van der Waals surface area contributed by atoms with E-state index in [1.54, 1.807) is 0 Å². The average molecular weight is 287 g/mol. The topological polar surface area (TPSA) is 67.0 Å². The molecule has 0 aliphatic carbocycles. The molecule has 2 aromatic rings. The number of anilines is 1. The molecule has 1 aromatic heterocycles. The summed E-state index contributed by atoms with van der Waals surface area (Å²) in [6.45, 7) is 9.45. The summed E-state index contributed by atoms with van der Waals surface area (Å²) in [6.07, 6.45) is -0.453. The van der Waals surface area contributed by atoms with Crippen LogP contribution in [0.3, 0.4) is 0 Å². The molecule has 1 aromatic carbocycles. The van der Waals surface area contributed by atoms with Gasteiger partial charge in [-0.15, -0.1) is 0 Å². The zero-order valence-electron chi connectivity index (χ0n) is 13.1. The fraction of sp³-hybridized carbons (Fsp3) is 0.375. The second kappa shape index (κ2) is 5.60. The van der Waals surface area contributed by atoms with Crippen molar-refractivity contribution < 1.29 is 9.53 Å². The molecule has 0 spiro atoms. The molecule has 1 heterocycles. The van der Waals surface area contributed by atoms with Crippen molar-refractivity contribution in [1.29, 1.82) is 0 Å². The van der Waals surface area contributed by atoms with Gasteiger partial charge in [0, 0.05) is 16.9 Å². The molecule has 21 heavy (non-hydrogen) atoms. The maximum absolute atomic E-state index is 11.7. The van der Waals surface area contributed by atoms with Crippen LogP contribution >= 0.6 is 0 Å². The molecule has 5 heteroatoms. The van der Waals surface area contributed by atoms with Gasteiger partial charge in [-0.2, -0.15) is 5.10 Å². The monoisotopic (exact) mass is 287 g/mol. The van der Waals surface area contributed by atoms with E-state index < -0.39 is 11.7 Å². The molecule has 0 unspecified atom stereocenters. The van der Waals surface area contributed by atoms with Crippen molar-refractivity contribution in [3.63, 3.8) is 0 Å². The number of nitrogens with zero attached hydrogens (tertiary/aromatic N) is 1. The Balaban J connectivity index is 2.11. The third kappa shape index (κ3) is 3.84. The molecule has 0 saturated heterocycles. The van der Waals surface area contributed by atoms with Gasteiger partial charge in [0.05, 0.1) is 5.69 Å². The molecular formula is C16H21N3O2. The van der Waals surface area contributed by atoms with E-state index in [-0.39, 0.29) is 0 Å². The van der Waals surface area contributed by atoms with Crippen molar-refractivity contribution >= 4 is 11.8 Å². The van der Waals surface area contributed by atoms with Crippen LogP contribution in [0.5, 0.6) is 0 Å². The third-order valence-corrected chi connectivity index (χ3v) is 2.95. The lowest BCUT2D eigenvalue weighted by atomic mass is 10.0. The van der Waals surface area contributed by atoms with E-state index in [0.717, 1.165) is 22.5 Å². The first-order valence-electron chi connectivity index (χ1n) is 6.88.